The fourth-order valence-corrected chi connectivity index (χ4v) is 4.93. The first-order chi connectivity index (χ1) is 13.3. The molecule has 28 heavy (non-hydrogen) atoms. The van der Waals surface area contributed by atoms with Gasteiger partial charge in [-0.25, -0.2) is 4.98 Å². The first-order valence-electron chi connectivity index (χ1n) is 10.1. The quantitative estimate of drug-likeness (QED) is 0.833. The first kappa shape index (κ1) is 19.5. The molecule has 8 heteroatoms. The molecule has 3 aliphatic rings. The molecule has 1 saturated carbocycles. The van der Waals surface area contributed by atoms with Gasteiger partial charge in [0.25, 0.3) is 0 Å². The Morgan fingerprint density at radius 1 is 1.04 bits per heavy atom. The minimum absolute atomic E-state index is 0.230. The van der Waals surface area contributed by atoms with Crippen LogP contribution in [0.1, 0.15) is 50.5 Å². The summed E-state index contributed by atoms with van der Waals surface area (Å²) in [5.41, 5.74) is -1.08. The summed E-state index contributed by atoms with van der Waals surface area (Å²) < 4.78 is 38.1. The van der Waals surface area contributed by atoms with Crippen LogP contribution in [-0.4, -0.2) is 52.7 Å². The SMILES string of the molecule is O=C1N([C@H]2CC[C@H](O)CC2)CCC12CCN(c1ccc(C(F)(F)F)cn1)CC2. The Morgan fingerprint density at radius 3 is 2.25 bits per heavy atom. The summed E-state index contributed by atoms with van der Waals surface area (Å²) in [4.78, 5) is 21.1. The Labute approximate surface area is 162 Å². The number of alkyl halides is 3. The summed E-state index contributed by atoms with van der Waals surface area (Å²) in [7, 11) is 0. The molecule has 0 aromatic carbocycles. The van der Waals surface area contributed by atoms with Gasteiger partial charge in [-0.15, -0.1) is 0 Å². The fraction of sp³-hybridized carbons (Fsp3) is 0.700. The molecule has 1 amide bonds. The van der Waals surface area contributed by atoms with Gasteiger partial charge in [-0.2, -0.15) is 13.2 Å². The van der Waals surface area contributed by atoms with Crippen molar-refractivity contribution in [1.29, 1.82) is 0 Å². The molecule has 5 nitrogen and oxygen atoms in total. The van der Waals surface area contributed by atoms with Gasteiger partial charge in [0.2, 0.25) is 5.91 Å². The number of aromatic nitrogens is 1. The van der Waals surface area contributed by atoms with Crippen molar-refractivity contribution >= 4 is 11.7 Å². The number of amides is 1. The Balaban J connectivity index is 1.38. The number of carbonyl (C=O) groups excluding carboxylic acids is 1. The number of rotatable bonds is 2. The molecule has 2 aliphatic heterocycles. The van der Waals surface area contributed by atoms with Crippen LogP contribution in [0.25, 0.3) is 0 Å². The van der Waals surface area contributed by atoms with Crippen LogP contribution in [-0.2, 0) is 11.0 Å². The number of piperidine rings is 1. The molecule has 0 radical (unpaired) electrons. The molecule has 154 valence electrons. The van der Waals surface area contributed by atoms with Gasteiger partial charge in [-0.1, -0.05) is 0 Å². The van der Waals surface area contributed by atoms with Gasteiger partial charge in [0.1, 0.15) is 5.82 Å². The number of aliphatic hydroxyl groups excluding tert-OH is 1. The zero-order chi connectivity index (χ0) is 19.9. The van der Waals surface area contributed by atoms with Gasteiger partial charge < -0.3 is 14.9 Å². The van der Waals surface area contributed by atoms with Gasteiger partial charge in [0.05, 0.1) is 17.1 Å². The number of likely N-dealkylation sites (tertiary alicyclic amines) is 1. The highest BCUT2D eigenvalue weighted by Gasteiger charge is 2.50. The number of carbonyl (C=O) groups is 1. The normalized spacial score (nSPS) is 28.2. The van der Waals surface area contributed by atoms with Crippen molar-refractivity contribution in [3.05, 3.63) is 23.9 Å². The lowest BCUT2D eigenvalue weighted by Crippen LogP contribution is -2.47. The van der Waals surface area contributed by atoms with E-state index < -0.39 is 11.7 Å². The zero-order valence-corrected chi connectivity index (χ0v) is 15.8. The average molecular weight is 397 g/mol. The van der Waals surface area contributed by atoms with Crippen molar-refractivity contribution in [3.63, 3.8) is 0 Å². The molecule has 1 aromatic rings. The van der Waals surface area contributed by atoms with E-state index in [9.17, 15) is 23.1 Å². The number of nitrogens with zero attached hydrogens (tertiary/aromatic N) is 3. The molecule has 0 atom stereocenters. The fourth-order valence-electron chi connectivity index (χ4n) is 4.93. The molecular weight excluding hydrogens is 371 g/mol. The predicted molar refractivity (Wildman–Crippen MR) is 97.7 cm³/mol. The number of hydrogen-bond acceptors (Lipinski definition) is 4. The van der Waals surface area contributed by atoms with Crippen molar-refractivity contribution in [2.24, 2.45) is 5.41 Å². The molecular formula is C20H26F3N3O2. The van der Waals surface area contributed by atoms with E-state index in [1.807, 2.05) is 9.80 Å². The van der Waals surface area contributed by atoms with E-state index in [0.717, 1.165) is 50.9 Å². The van der Waals surface area contributed by atoms with Crippen molar-refractivity contribution < 1.29 is 23.1 Å². The number of hydrogen-bond donors (Lipinski definition) is 1. The second kappa shape index (κ2) is 7.21. The van der Waals surface area contributed by atoms with Crippen molar-refractivity contribution in [2.75, 3.05) is 24.5 Å². The number of pyridine rings is 1. The van der Waals surface area contributed by atoms with Crippen molar-refractivity contribution in [1.82, 2.24) is 9.88 Å². The highest BCUT2D eigenvalue weighted by molar-refractivity contribution is 5.85. The predicted octanol–water partition coefficient (Wildman–Crippen LogP) is 3.22. The molecule has 1 N–H and O–H groups in total. The summed E-state index contributed by atoms with van der Waals surface area (Å²) in [6, 6.07) is 2.72. The summed E-state index contributed by atoms with van der Waals surface area (Å²) in [6.07, 6.45) is 1.77. The number of halogens is 3. The Bertz CT molecular complexity index is 706. The second-order valence-corrected chi connectivity index (χ2v) is 8.38. The molecule has 2 saturated heterocycles. The Kier molecular flexibility index (Phi) is 5.02. The van der Waals surface area contributed by atoms with Crippen LogP contribution in [0, 0.1) is 5.41 Å². The van der Waals surface area contributed by atoms with Gasteiger partial charge in [-0.05, 0) is 57.1 Å². The molecule has 1 aliphatic carbocycles. The third-order valence-corrected chi connectivity index (χ3v) is 6.77. The number of aliphatic hydroxyl groups is 1. The lowest BCUT2D eigenvalue weighted by atomic mass is 9.77. The molecule has 3 heterocycles. The zero-order valence-electron chi connectivity index (χ0n) is 15.8. The second-order valence-electron chi connectivity index (χ2n) is 8.38. The average Bonchev–Trinajstić information content (AvgIpc) is 2.99. The van der Waals surface area contributed by atoms with Crippen LogP contribution in [0.15, 0.2) is 18.3 Å². The molecule has 4 rings (SSSR count). The maximum Gasteiger partial charge on any atom is 0.417 e. The van der Waals surface area contributed by atoms with E-state index in [1.54, 1.807) is 0 Å². The Hall–Kier alpha value is -1.83. The third kappa shape index (κ3) is 3.58. The van der Waals surface area contributed by atoms with E-state index in [2.05, 4.69) is 4.98 Å². The van der Waals surface area contributed by atoms with E-state index in [4.69, 9.17) is 0 Å². The third-order valence-electron chi connectivity index (χ3n) is 6.77. The lowest BCUT2D eigenvalue weighted by Gasteiger charge is -2.40. The van der Waals surface area contributed by atoms with Crippen LogP contribution >= 0.6 is 0 Å². The van der Waals surface area contributed by atoms with Crippen LogP contribution in [0.3, 0.4) is 0 Å². The molecule has 0 unspecified atom stereocenters. The highest BCUT2D eigenvalue weighted by atomic mass is 19.4. The minimum atomic E-state index is -4.38. The maximum atomic E-state index is 13.2. The topological polar surface area (TPSA) is 56.7 Å². The summed E-state index contributed by atoms with van der Waals surface area (Å²) >= 11 is 0. The molecule has 1 aromatic heterocycles. The van der Waals surface area contributed by atoms with Crippen molar-refractivity contribution in [2.45, 2.75) is 63.3 Å². The van der Waals surface area contributed by atoms with Gasteiger partial charge in [-0.3, -0.25) is 4.79 Å². The van der Waals surface area contributed by atoms with E-state index >= 15 is 0 Å². The smallest absolute Gasteiger partial charge is 0.393 e. The van der Waals surface area contributed by atoms with Crippen LogP contribution in [0.4, 0.5) is 19.0 Å². The van der Waals surface area contributed by atoms with E-state index in [0.29, 0.717) is 31.7 Å². The molecule has 1 spiro atoms. The van der Waals surface area contributed by atoms with Gasteiger partial charge in [0, 0.05) is 31.9 Å². The monoisotopic (exact) mass is 397 g/mol. The molecule has 0 bridgehead atoms. The van der Waals surface area contributed by atoms with Gasteiger partial charge >= 0.3 is 6.18 Å². The summed E-state index contributed by atoms with van der Waals surface area (Å²) in [5, 5.41) is 9.70. The van der Waals surface area contributed by atoms with Crippen LogP contribution in [0.5, 0.6) is 0 Å². The first-order valence-corrected chi connectivity index (χ1v) is 10.1. The minimum Gasteiger partial charge on any atom is -0.393 e. The van der Waals surface area contributed by atoms with E-state index in [1.165, 1.54) is 6.07 Å². The standard InChI is InChI=1S/C20H26F3N3O2/c21-20(22,23)14-1-6-17(24-13-14)25-10-7-19(8-11-25)9-12-26(18(19)28)15-2-4-16(27)5-3-15/h1,6,13,15-16,27H,2-5,7-12H2/t15-,16-. The highest BCUT2D eigenvalue weighted by Crippen LogP contribution is 2.44. The number of anilines is 1. The largest absolute Gasteiger partial charge is 0.417 e. The maximum absolute atomic E-state index is 13.2. The lowest BCUT2D eigenvalue weighted by molar-refractivity contribution is -0.140. The van der Waals surface area contributed by atoms with Crippen LogP contribution < -0.4 is 4.90 Å². The van der Waals surface area contributed by atoms with Crippen molar-refractivity contribution in [3.8, 4) is 0 Å². The Morgan fingerprint density at radius 2 is 1.68 bits per heavy atom. The van der Waals surface area contributed by atoms with E-state index in [-0.39, 0.29) is 23.5 Å². The van der Waals surface area contributed by atoms with Crippen LogP contribution in [0.2, 0.25) is 0 Å². The molecule has 3 fully saturated rings. The summed E-state index contributed by atoms with van der Waals surface area (Å²) in [5.74, 6) is 0.764. The summed E-state index contributed by atoms with van der Waals surface area (Å²) in [6.45, 7) is 2.03. The van der Waals surface area contributed by atoms with Gasteiger partial charge in [0.15, 0.2) is 0 Å².